The molecule has 0 saturated carbocycles. The Morgan fingerprint density at radius 3 is 2.59 bits per heavy atom. The van der Waals surface area contributed by atoms with Crippen molar-refractivity contribution in [3.05, 3.63) is 99.3 Å². The Morgan fingerprint density at radius 2 is 1.85 bits per heavy atom. The Kier molecular flexibility index (Phi) is 5.97. The van der Waals surface area contributed by atoms with E-state index >= 15 is 0 Å². The summed E-state index contributed by atoms with van der Waals surface area (Å²) in [6.07, 6.45) is 4.85. The number of benzene rings is 2. The molecule has 6 nitrogen and oxygen atoms in total. The summed E-state index contributed by atoms with van der Waals surface area (Å²) in [5, 5.41) is 0.479. The molecular weight excluding hydrogens is 430 g/mol. The number of fused-ring (bicyclic) bond motifs is 2. The highest BCUT2D eigenvalue weighted by Crippen LogP contribution is 2.39. The molecule has 2 aromatic carbocycles. The van der Waals surface area contributed by atoms with Gasteiger partial charge in [0.15, 0.2) is 5.43 Å². The van der Waals surface area contributed by atoms with E-state index in [1.165, 1.54) is 0 Å². The number of ether oxygens (including phenoxy) is 1. The standard InChI is InChI=1S/C28H27NO5/c1-3-4-5-14-32-20-11-9-19(10-12-20)25-24-26(30)22-16-18(2)8-13-23(22)34-27(24)28(31)29(25)17-21-7-6-15-33-21/h6-13,15-16,25H,3-5,14,17H2,1-2H3. The van der Waals surface area contributed by atoms with Gasteiger partial charge in [-0.3, -0.25) is 9.59 Å². The third-order valence-electron chi connectivity index (χ3n) is 6.24. The maximum absolute atomic E-state index is 13.6. The highest BCUT2D eigenvalue weighted by atomic mass is 16.5. The molecule has 174 valence electrons. The maximum Gasteiger partial charge on any atom is 0.291 e. The highest BCUT2D eigenvalue weighted by Gasteiger charge is 2.43. The van der Waals surface area contributed by atoms with Crippen LogP contribution in [0.2, 0.25) is 0 Å². The van der Waals surface area contributed by atoms with E-state index < -0.39 is 6.04 Å². The number of rotatable bonds is 8. The van der Waals surface area contributed by atoms with Gasteiger partial charge in [0.1, 0.15) is 17.1 Å². The second-order valence-corrected chi connectivity index (χ2v) is 8.71. The van der Waals surface area contributed by atoms with Crippen molar-refractivity contribution < 1.29 is 18.4 Å². The summed E-state index contributed by atoms with van der Waals surface area (Å²) in [7, 11) is 0. The van der Waals surface area contributed by atoms with Crippen LogP contribution in [0.3, 0.4) is 0 Å². The summed E-state index contributed by atoms with van der Waals surface area (Å²) in [5.74, 6) is 1.17. The summed E-state index contributed by atoms with van der Waals surface area (Å²) in [5.41, 5.74) is 2.38. The van der Waals surface area contributed by atoms with Gasteiger partial charge in [-0.25, -0.2) is 0 Å². The SMILES string of the molecule is CCCCCOc1ccc(C2c3c(oc4ccc(C)cc4c3=O)C(=O)N2Cc2ccco2)cc1. The maximum atomic E-state index is 13.6. The van der Waals surface area contributed by atoms with Crippen molar-refractivity contribution in [2.45, 2.75) is 45.7 Å². The lowest BCUT2D eigenvalue weighted by Crippen LogP contribution is -2.29. The third kappa shape index (κ3) is 4.00. The Labute approximate surface area is 197 Å². The molecule has 4 aromatic rings. The molecule has 1 atom stereocenters. The first-order valence-corrected chi connectivity index (χ1v) is 11.7. The van der Waals surface area contributed by atoms with Gasteiger partial charge in [0, 0.05) is 0 Å². The first-order chi connectivity index (χ1) is 16.6. The largest absolute Gasteiger partial charge is 0.494 e. The lowest BCUT2D eigenvalue weighted by atomic mass is 9.98. The molecule has 0 bridgehead atoms. The molecule has 1 aliphatic heterocycles. The average molecular weight is 458 g/mol. The van der Waals surface area contributed by atoms with Crippen LogP contribution in [0.15, 0.2) is 74.5 Å². The van der Waals surface area contributed by atoms with Gasteiger partial charge in [-0.05, 0) is 55.3 Å². The Balaban J connectivity index is 1.57. The molecule has 0 aliphatic carbocycles. The summed E-state index contributed by atoms with van der Waals surface area (Å²) in [6, 6.07) is 16.0. The summed E-state index contributed by atoms with van der Waals surface area (Å²) in [4.78, 5) is 28.7. The summed E-state index contributed by atoms with van der Waals surface area (Å²) >= 11 is 0. The highest BCUT2D eigenvalue weighted by molar-refractivity contribution is 5.99. The Bertz CT molecular complexity index is 1370. The minimum Gasteiger partial charge on any atom is -0.494 e. The smallest absolute Gasteiger partial charge is 0.291 e. The van der Waals surface area contributed by atoms with Gasteiger partial charge < -0.3 is 18.5 Å². The van der Waals surface area contributed by atoms with Crippen LogP contribution in [0.4, 0.5) is 0 Å². The van der Waals surface area contributed by atoms with E-state index in [4.69, 9.17) is 13.6 Å². The molecule has 34 heavy (non-hydrogen) atoms. The zero-order valence-corrected chi connectivity index (χ0v) is 19.4. The van der Waals surface area contributed by atoms with Crippen molar-refractivity contribution >= 4 is 16.9 Å². The topological polar surface area (TPSA) is 72.9 Å². The fourth-order valence-electron chi connectivity index (χ4n) is 4.50. The van der Waals surface area contributed by atoms with Gasteiger partial charge in [-0.1, -0.05) is 43.5 Å². The van der Waals surface area contributed by atoms with E-state index in [1.807, 2.05) is 49.4 Å². The second kappa shape index (κ2) is 9.21. The lowest BCUT2D eigenvalue weighted by molar-refractivity contribution is 0.0701. The van der Waals surface area contributed by atoms with E-state index in [2.05, 4.69) is 6.92 Å². The molecule has 5 rings (SSSR count). The van der Waals surface area contributed by atoms with Crippen LogP contribution in [0.1, 0.15) is 65.2 Å². The van der Waals surface area contributed by atoms with Crippen LogP contribution in [0.25, 0.3) is 11.0 Å². The average Bonchev–Trinajstić information content (AvgIpc) is 3.45. The number of unbranched alkanes of at least 4 members (excludes halogenated alkanes) is 2. The molecule has 6 heteroatoms. The van der Waals surface area contributed by atoms with Gasteiger partial charge in [0.2, 0.25) is 5.76 Å². The van der Waals surface area contributed by atoms with Crippen LogP contribution >= 0.6 is 0 Å². The zero-order valence-electron chi connectivity index (χ0n) is 19.4. The number of aryl methyl sites for hydroxylation is 1. The van der Waals surface area contributed by atoms with Gasteiger partial charge in [0.25, 0.3) is 5.91 Å². The molecule has 0 N–H and O–H groups in total. The number of furan rings is 1. The predicted octanol–water partition coefficient (Wildman–Crippen LogP) is 6.01. The van der Waals surface area contributed by atoms with Crippen molar-refractivity contribution in [2.75, 3.05) is 6.61 Å². The quantitative estimate of drug-likeness (QED) is 0.303. The molecule has 0 radical (unpaired) electrons. The van der Waals surface area contributed by atoms with E-state index in [9.17, 15) is 9.59 Å². The summed E-state index contributed by atoms with van der Waals surface area (Å²) in [6.45, 7) is 4.98. The number of carbonyl (C=O) groups is 1. The van der Waals surface area contributed by atoms with Crippen LogP contribution < -0.4 is 10.2 Å². The number of hydrogen-bond acceptors (Lipinski definition) is 5. The molecule has 0 spiro atoms. The van der Waals surface area contributed by atoms with Gasteiger partial charge >= 0.3 is 0 Å². The van der Waals surface area contributed by atoms with Crippen LogP contribution in [0, 0.1) is 6.92 Å². The van der Waals surface area contributed by atoms with Gasteiger partial charge in [0.05, 0.1) is 36.4 Å². The Morgan fingerprint density at radius 1 is 1.03 bits per heavy atom. The minimum atomic E-state index is -0.581. The van der Waals surface area contributed by atoms with Crippen molar-refractivity contribution in [1.29, 1.82) is 0 Å². The molecule has 2 aromatic heterocycles. The second-order valence-electron chi connectivity index (χ2n) is 8.71. The van der Waals surface area contributed by atoms with Crippen LogP contribution in [0.5, 0.6) is 5.75 Å². The van der Waals surface area contributed by atoms with Crippen LogP contribution in [-0.2, 0) is 6.54 Å². The normalized spacial score (nSPS) is 15.2. The molecule has 1 unspecified atom stereocenters. The van der Waals surface area contributed by atoms with Crippen molar-refractivity contribution in [2.24, 2.45) is 0 Å². The van der Waals surface area contributed by atoms with E-state index in [-0.39, 0.29) is 23.6 Å². The molecule has 3 heterocycles. The first kappa shape index (κ1) is 22.0. The number of carbonyl (C=O) groups excluding carboxylic acids is 1. The van der Waals surface area contributed by atoms with Gasteiger partial charge in [-0.15, -0.1) is 0 Å². The minimum absolute atomic E-state index is 0.0952. The first-order valence-electron chi connectivity index (χ1n) is 11.7. The van der Waals surface area contributed by atoms with Gasteiger partial charge in [-0.2, -0.15) is 0 Å². The van der Waals surface area contributed by atoms with Crippen molar-refractivity contribution in [3.63, 3.8) is 0 Å². The summed E-state index contributed by atoms with van der Waals surface area (Å²) < 4.78 is 17.4. The fraction of sp³-hybridized carbons (Fsp3) is 0.286. The molecule has 0 fully saturated rings. The van der Waals surface area contributed by atoms with Crippen molar-refractivity contribution in [3.8, 4) is 5.75 Å². The monoisotopic (exact) mass is 457 g/mol. The molecule has 0 saturated heterocycles. The van der Waals surface area contributed by atoms with Crippen molar-refractivity contribution in [1.82, 2.24) is 4.90 Å². The molecular formula is C28H27NO5. The molecule has 1 amide bonds. The fourth-order valence-corrected chi connectivity index (χ4v) is 4.50. The Hall–Kier alpha value is -3.80. The third-order valence-corrected chi connectivity index (χ3v) is 6.24. The predicted molar refractivity (Wildman–Crippen MR) is 129 cm³/mol. The van der Waals surface area contributed by atoms with E-state index in [1.54, 1.807) is 23.3 Å². The van der Waals surface area contributed by atoms with E-state index in [0.717, 1.165) is 36.1 Å². The number of hydrogen-bond donors (Lipinski definition) is 0. The van der Waals surface area contributed by atoms with Crippen LogP contribution in [-0.4, -0.2) is 17.4 Å². The lowest BCUT2D eigenvalue weighted by Gasteiger charge is -2.24. The zero-order chi connectivity index (χ0) is 23.7. The van der Waals surface area contributed by atoms with E-state index in [0.29, 0.717) is 28.9 Å². The number of nitrogens with zero attached hydrogens (tertiary/aromatic N) is 1. The molecule has 1 aliphatic rings. The number of amides is 1.